The number of aromatic nitrogens is 1. The summed E-state index contributed by atoms with van der Waals surface area (Å²) < 4.78 is 0. The Morgan fingerprint density at radius 3 is 2.32 bits per heavy atom. The number of benzene rings is 2. The molecule has 0 saturated heterocycles. The molecule has 0 aliphatic rings. The van der Waals surface area contributed by atoms with Gasteiger partial charge in [0.1, 0.15) is 6.04 Å². The third kappa shape index (κ3) is 4.74. The summed E-state index contributed by atoms with van der Waals surface area (Å²) in [4.78, 5) is 29.1. The first kappa shape index (κ1) is 16.9. The van der Waals surface area contributed by atoms with Crippen molar-refractivity contribution in [2.24, 2.45) is 0 Å². The Balaban J connectivity index is 1.76. The normalized spacial score (nSPS) is 11.5. The second-order valence-electron chi connectivity index (χ2n) is 5.41. The molecule has 2 aromatic carbocycles. The summed E-state index contributed by atoms with van der Waals surface area (Å²) in [5, 5.41) is 7.87. The number of anilines is 1. The van der Waals surface area contributed by atoms with Gasteiger partial charge in [-0.3, -0.25) is 9.59 Å². The van der Waals surface area contributed by atoms with Crippen LogP contribution in [0.3, 0.4) is 0 Å². The van der Waals surface area contributed by atoms with Crippen molar-refractivity contribution in [1.29, 1.82) is 0 Å². The molecule has 1 atom stereocenters. The van der Waals surface area contributed by atoms with Gasteiger partial charge in [-0.2, -0.15) is 0 Å². The third-order valence-electron chi connectivity index (χ3n) is 3.60. The molecule has 1 unspecified atom stereocenters. The van der Waals surface area contributed by atoms with Gasteiger partial charge in [-0.1, -0.05) is 48.5 Å². The smallest absolute Gasteiger partial charge is 0.251 e. The molecule has 0 bridgehead atoms. The number of hydrogen-bond acceptors (Lipinski definition) is 4. The van der Waals surface area contributed by atoms with Gasteiger partial charge in [0, 0.05) is 23.6 Å². The van der Waals surface area contributed by atoms with E-state index in [1.54, 1.807) is 35.8 Å². The van der Waals surface area contributed by atoms with Gasteiger partial charge in [0.05, 0.1) is 0 Å². The van der Waals surface area contributed by atoms with Crippen molar-refractivity contribution in [1.82, 2.24) is 10.3 Å². The summed E-state index contributed by atoms with van der Waals surface area (Å²) in [6, 6.07) is 17.7. The fraction of sp³-hybridized carbons (Fsp3) is 0.105. The van der Waals surface area contributed by atoms with Crippen molar-refractivity contribution < 1.29 is 9.59 Å². The van der Waals surface area contributed by atoms with Gasteiger partial charge in [-0.05, 0) is 17.7 Å². The average Bonchev–Trinajstić information content (AvgIpc) is 3.15. The lowest BCUT2D eigenvalue weighted by Crippen LogP contribution is -2.45. The fourth-order valence-electron chi connectivity index (χ4n) is 2.37. The molecule has 0 radical (unpaired) electrons. The summed E-state index contributed by atoms with van der Waals surface area (Å²) >= 11 is 1.33. The van der Waals surface area contributed by atoms with Crippen molar-refractivity contribution in [2.45, 2.75) is 12.5 Å². The van der Waals surface area contributed by atoms with Crippen LogP contribution < -0.4 is 10.6 Å². The minimum Gasteiger partial charge on any atom is -0.340 e. The quantitative estimate of drug-likeness (QED) is 0.717. The molecule has 0 saturated carbocycles. The van der Waals surface area contributed by atoms with Crippen LogP contribution in [0.5, 0.6) is 0 Å². The van der Waals surface area contributed by atoms with Crippen molar-refractivity contribution in [3.63, 3.8) is 0 Å². The predicted octanol–water partition coefficient (Wildman–Crippen LogP) is 3.12. The zero-order valence-electron chi connectivity index (χ0n) is 13.4. The molecule has 2 amide bonds. The van der Waals surface area contributed by atoms with Crippen LogP contribution in [-0.4, -0.2) is 22.8 Å². The maximum absolute atomic E-state index is 12.6. The Morgan fingerprint density at radius 2 is 1.68 bits per heavy atom. The van der Waals surface area contributed by atoms with Crippen LogP contribution >= 0.6 is 11.3 Å². The van der Waals surface area contributed by atoms with Crippen molar-refractivity contribution >= 4 is 28.3 Å². The van der Waals surface area contributed by atoms with E-state index in [1.807, 2.05) is 36.4 Å². The van der Waals surface area contributed by atoms with Crippen LogP contribution in [0.1, 0.15) is 15.9 Å². The summed E-state index contributed by atoms with van der Waals surface area (Å²) in [5.74, 6) is -0.570. The Bertz CT molecular complexity index is 820. The highest BCUT2D eigenvalue weighted by atomic mass is 32.1. The van der Waals surface area contributed by atoms with Gasteiger partial charge in [0.2, 0.25) is 5.91 Å². The minimum absolute atomic E-state index is 0.282. The summed E-state index contributed by atoms with van der Waals surface area (Å²) in [7, 11) is 0. The van der Waals surface area contributed by atoms with E-state index in [0.717, 1.165) is 5.56 Å². The molecule has 6 heteroatoms. The highest BCUT2D eigenvalue weighted by Crippen LogP contribution is 2.12. The maximum atomic E-state index is 12.6. The molecule has 126 valence electrons. The molecular formula is C19H17N3O2S. The molecule has 3 rings (SSSR count). The molecule has 0 aliphatic heterocycles. The van der Waals surface area contributed by atoms with Crippen LogP contribution in [0.2, 0.25) is 0 Å². The van der Waals surface area contributed by atoms with Crippen LogP contribution in [0.15, 0.2) is 72.2 Å². The minimum atomic E-state index is -0.695. The second kappa shape index (κ2) is 8.21. The number of amides is 2. The number of nitrogens with zero attached hydrogens (tertiary/aromatic N) is 1. The number of carbonyl (C=O) groups excluding carboxylic acids is 2. The van der Waals surface area contributed by atoms with E-state index in [2.05, 4.69) is 15.6 Å². The van der Waals surface area contributed by atoms with Crippen LogP contribution in [0.4, 0.5) is 5.13 Å². The summed E-state index contributed by atoms with van der Waals surface area (Å²) in [6.45, 7) is 0. The first-order valence-electron chi connectivity index (χ1n) is 7.82. The summed E-state index contributed by atoms with van der Waals surface area (Å²) in [5.41, 5.74) is 1.48. The Hall–Kier alpha value is -2.99. The van der Waals surface area contributed by atoms with Gasteiger partial charge in [0.15, 0.2) is 5.13 Å². The van der Waals surface area contributed by atoms with Crippen LogP contribution in [0.25, 0.3) is 0 Å². The van der Waals surface area contributed by atoms with E-state index in [1.165, 1.54) is 11.3 Å². The SMILES string of the molecule is O=C(NC(Cc1ccccc1)C(=O)Nc1nccs1)c1ccccc1. The lowest BCUT2D eigenvalue weighted by Gasteiger charge is -2.18. The molecule has 3 aromatic rings. The molecule has 1 heterocycles. The number of carbonyl (C=O) groups is 2. The fourth-order valence-corrected chi connectivity index (χ4v) is 2.90. The molecule has 25 heavy (non-hydrogen) atoms. The van der Waals surface area contributed by atoms with Crippen molar-refractivity contribution in [3.05, 3.63) is 83.4 Å². The topological polar surface area (TPSA) is 71.1 Å². The first-order chi connectivity index (χ1) is 12.2. The monoisotopic (exact) mass is 351 g/mol. The standard InChI is InChI=1S/C19H17N3O2S/c23-17(15-9-5-2-6-10-15)21-16(13-14-7-3-1-4-8-14)18(24)22-19-20-11-12-25-19/h1-12,16H,13H2,(H,21,23)(H,20,22,24). The van der Waals surface area contributed by atoms with E-state index < -0.39 is 6.04 Å². The van der Waals surface area contributed by atoms with E-state index in [0.29, 0.717) is 17.1 Å². The Labute approximate surface area is 149 Å². The molecule has 0 fully saturated rings. The highest BCUT2D eigenvalue weighted by Gasteiger charge is 2.22. The Morgan fingerprint density at radius 1 is 1.00 bits per heavy atom. The van der Waals surface area contributed by atoms with E-state index in [4.69, 9.17) is 0 Å². The number of nitrogens with one attached hydrogen (secondary N) is 2. The molecule has 2 N–H and O–H groups in total. The number of thiazole rings is 1. The van der Waals surface area contributed by atoms with Crippen LogP contribution in [0, 0.1) is 0 Å². The first-order valence-corrected chi connectivity index (χ1v) is 8.70. The molecule has 0 spiro atoms. The molecule has 0 aliphatic carbocycles. The van der Waals surface area contributed by atoms with E-state index >= 15 is 0 Å². The third-order valence-corrected chi connectivity index (χ3v) is 4.29. The maximum Gasteiger partial charge on any atom is 0.251 e. The Kier molecular flexibility index (Phi) is 5.53. The molecule has 5 nitrogen and oxygen atoms in total. The number of rotatable bonds is 6. The van der Waals surface area contributed by atoms with Gasteiger partial charge >= 0.3 is 0 Å². The van der Waals surface area contributed by atoms with Crippen molar-refractivity contribution in [3.8, 4) is 0 Å². The second-order valence-corrected chi connectivity index (χ2v) is 6.30. The van der Waals surface area contributed by atoms with Gasteiger partial charge < -0.3 is 10.6 Å². The lowest BCUT2D eigenvalue weighted by molar-refractivity contribution is -0.118. The number of hydrogen-bond donors (Lipinski definition) is 2. The predicted molar refractivity (Wildman–Crippen MR) is 98.6 cm³/mol. The zero-order valence-corrected chi connectivity index (χ0v) is 14.2. The van der Waals surface area contributed by atoms with Crippen molar-refractivity contribution in [2.75, 3.05) is 5.32 Å². The largest absolute Gasteiger partial charge is 0.340 e. The molecule has 1 aromatic heterocycles. The lowest BCUT2D eigenvalue weighted by atomic mass is 10.0. The molecular weight excluding hydrogens is 334 g/mol. The van der Waals surface area contributed by atoms with Gasteiger partial charge in [-0.25, -0.2) is 4.98 Å². The zero-order chi connectivity index (χ0) is 17.5. The summed E-state index contributed by atoms with van der Waals surface area (Å²) in [6.07, 6.45) is 2.02. The van der Waals surface area contributed by atoms with Crippen LogP contribution in [-0.2, 0) is 11.2 Å². The van der Waals surface area contributed by atoms with E-state index in [9.17, 15) is 9.59 Å². The van der Waals surface area contributed by atoms with E-state index in [-0.39, 0.29) is 11.8 Å². The highest BCUT2D eigenvalue weighted by molar-refractivity contribution is 7.13. The van der Waals surface area contributed by atoms with Gasteiger partial charge in [-0.15, -0.1) is 11.3 Å². The average molecular weight is 351 g/mol. The van der Waals surface area contributed by atoms with Gasteiger partial charge in [0.25, 0.3) is 5.91 Å².